The van der Waals surface area contributed by atoms with Gasteiger partial charge in [-0.2, -0.15) is 18.3 Å². The number of carbonyl (C=O) groups is 1. The minimum Gasteiger partial charge on any atom is -0.398 e. The summed E-state index contributed by atoms with van der Waals surface area (Å²) in [5.74, 6) is -0.471. The van der Waals surface area contributed by atoms with Crippen LogP contribution in [0.1, 0.15) is 27.3 Å². The highest BCUT2D eigenvalue weighted by atomic mass is 19.4. The van der Waals surface area contributed by atoms with E-state index in [1.165, 1.54) is 4.68 Å². The van der Waals surface area contributed by atoms with Crippen molar-refractivity contribution in [1.82, 2.24) is 9.78 Å². The molecular weight excluding hydrogens is 283 g/mol. The molecule has 0 unspecified atom stereocenters. The standard InChI is InChI=1S/C14H14F3N3O/c1-8-5-10(20(2)19-8)7-13(21)11-6-9(14(15,16)17)3-4-12(11)18/h3-6H,7,18H2,1-2H3. The van der Waals surface area contributed by atoms with Crippen molar-refractivity contribution < 1.29 is 18.0 Å². The Morgan fingerprint density at radius 2 is 2.00 bits per heavy atom. The number of nitrogen functional groups attached to an aromatic ring is 1. The van der Waals surface area contributed by atoms with Gasteiger partial charge in [0.1, 0.15) is 0 Å². The number of anilines is 1. The molecule has 7 heteroatoms. The SMILES string of the molecule is Cc1cc(CC(=O)c2cc(C(F)(F)F)ccc2N)n(C)n1. The van der Waals surface area contributed by atoms with Crippen LogP contribution in [-0.4, -0.2) is 15.6 Å². The van der Waals surface area contributed by atoms with Gasteiger partial charge >= 0.3 is 6.18 Å². The molecule has 2 aromatic rings. The Morgan fingerprint density at radius 3 is 2.52 bits per heavy atom. The molecule has 21 heavy (non-hydrogen) atoms. The molecule has 0 radical (unpaired) electrons. The van der Waals surface area contributed by atoms with E-state index < -0.39 is 17.5 Å². The number of carbonyl (C=O) groups excluding carboxylic acids is 1. The maximum atomic E-state index is 12.7. The van der Waals surface area contributed by atoms with E-state index in [1.54, 1.807) is 20.0 Å². The molecule has 0 aliphatic carbocycles. The molecule has 112 valence electrons. The lowest BCUT2D eigenvalue weighted by atomic mass is 10.0. The number of halogens is 3. The van der Waals surface area contributed by atoms with Crippen molar-refractivity contribution in [3.8, 4) is 0 Å². The minimum absolute atomic E-state index is 0.0342. The first-order chi connectivity index (χ1) is 9.68. The van der Waals surface area contributed by atoms with E-state index in [9.17, 15) is 18.0 Å². The summed E-state index contributed by atoms with van der Waals surface area (Å²) in [6.45, 7) is 1.77. The van der Waals surface area contributed by atoms with E-state index in [2.05, 4.69) is 5.10 Å². The topological polar surface area (TPSA) is 60.9 Å². The number of Topliss-reactive ketones (excluding diaryl/α,β-unsaturated/α-hetero) is 1. The Kier molecular flexibility index (Phi) is 3.76. The zero-order valence-electron chi connectivity index (χ0n) is 11.5. The van der Waals surface area contributed by atoms with Gasteiger partial charge in [-0.1, -0.05) is 0 Å². The van der Waals surface area contributed by atoms with Gasteiger partial charge in [-0.3, -0.25) is 9.48 Å². The molecule has 0 atom stereocenters. The average molecular weight is 297 g/mol. The molecule has 0 bridgehead atoms. The third kappa shape index (κ3) is 3.24. The largest absolute Gasteiger partial charge is 0.416 e. The van der Waals surface area contributed by atoms with E-state index in [0.29, 0.717) is 5.69 Å². The smallest absolute Gasteiger partial charge is 0.398 e. The van der Waals surface area contributed by atoms with Crippen LogP contribution in [0.2, 0.25) is 0 Å². The first kappa shape index (κ1) is 15.1. The number of aryl methyl sites for hydroxylation is 2. The molecule has 0 aliphatic heterocycles. The van der Waals surface area contributed by atoms with Crippen LogP contribution < -0.4 is 5.73 Å². The molecule has 1 heterocycles. The molecule has 0 saturated carbocycles. The number of aromatic nitrogens is 2. The highest BCUT2D eigenvalue weighted by molar-refractivity contribution is 6.02. The number of benzene rings is 1. The van der Waals surface area contributed by atoms with Crippen LogP contribution in [-0.2, 0) is 19.6 Å². The van der Waals surface area contributed by atoms with E-state index in [-0.39, 0.29) is 17.7 Å². The Morgan fingerprint density at radius 1 is 1.33 bits per heavy atom. The molecule has 0 aliphatic rings. The fourth-order valence-corrected chi connectivity index (χ4v) is 2.06. The zero-order chi connectivity index (χ0) is 15.8. The second-order valence-corrected chi connectivity index (χ2v) is 4.80. The number of rotatable bonds is 3. The Hall–Kier alpha value is -2.31. The number of nitrogens with zero attached hydrogens (tertiary/aromatic N) is 2. The summed E-state index contributed by atoms with van der Waals surface area (Å²) in [7, 11) is 1.67. The summed E-state index contributed by atoms with van der Waals surface area (Å²) in [4.78, 5) is 12.2. The first-order valence-electron chi connectivity index (χ1n) is 6.18. The lowest BCUT2D eigenvalue weighted by Crippen LogP contribution is -2.13. The summed E-state index contributed by atoms with van der Waals surface area (Å²) >= 11 is 0. The fourth-order valence-electron chi connectivity index (χ4n) is 2.06. The van der Waals surface area contributed by atoms with E-state index in [1.807, 2.05) is 0 Å². The lowest BCUT2D eigenvalue weighted by molar-refractivity contribution is -0.137. The van der Waals surface area contributed by atoms with E-state index >= 15 is 0 Å². The number of hydrogen-bond acceptors (Lipinski definition) is 3. The molecule has 1 aromatic heterocycles. The van der Waals surface area contributed by atoms with Crippen molar-refractivity contribution in [2.45, 2.75) is 19.5 Å². The fraction of sp³-hybridized carbons (Fsp3) is 0.286. The molecule has 2 rings (SSSR count). The van der Waals surface area contributed by atoms with Crippen molar-refractivity contribution in [2.75, 3.05) is 5.73 Å². The van der Waals surface area contributed by atoms with Crippen LogP contribution in [0.25, 0.3) is 0 Å². The van der Waals surface area contributed by atoms with Crippen molar-refractivity contribution in [3.05, 3.63) is 46.8 Å². The molecule has 4 nitrogen and oxygen atoms in total. The highest BCUT2D eigenvalue weighted by Crippen LogP contribution is 2.31. The predicted octanol–water partition coefficient (Wildman–Crippen LogP) is 2.75. The highest BCUT2D eigenvalue weighted by Gasteiger charge is 2.31. The average Bonchev–Trinajstić information content (AvgIpc) is 2.66. The summed E-state index contributed by atoms with van der Waals surface area (Å²) in [6, 6.07) is 4.47. The van der Waals surface area contributed by atoms with Crippen LogP contribution in [0, 0.1) is 6.92 Å². The van der Waals surface area contributed by atoms with Crippen LogP contribution in [0.4, 0.5) is 18.9 Å². The molecular formula is C14H14F3N3O. The van der Waals surface area contributed by atoms with Crippen molar-refractivity contribution in [1.29, 1.82) is 0 Å². The molecule has 1 aromatic carbocycles. The summed E-state index contributed by atoms with van der Waals surface area (Å²) in [5.41, 5.74) is 6.00. The monoisotopic (exact) mass is 297 g/mol. The number of alkyl halides is 3. The molecule has 0 fully saturated rings. The van der Waals surface area contributed by atoms with Crippen molar-refractivity contribution >= 4 is 11.5 Å². The van der Waals surface area contributed by atoms with Gasteiger partial charge in [-0.05, 0) is 31.2 Å². The van der Waals surface area contributed by atoms with Gasteiger partial charge in [0, 0.05) is 24.0 Å². The third-order valence-electron chi connectivity index (χ3n) is 3.12. The summed E-state index contributed by atoms with van der Waals surface area (Å²) in [6.07, 6.45) is -4.56. The Balaban J connectivity index is 2.33. The Labute approximate surface area is 119 Å². The van der Waals surface area contributed by atoms with Crippen molar-refractivity contribution in [2.24, 2.45) is 7.05 Å². The molecule has 2 N–H and O–H groups in total. The van der Waals surface area contributed by atoms with Gasteiger partial charge in [-0.25, -0.2) is 0 Å². The van der Waals surface area contributed by atoms with Gasteiger partial charge < -0.3 is 5.73 Å². The first-order valence-corrected chi connectivity index (χ1v) is 6.18. The Bertz CT molecular complexity index is 689. The summed E-state index contributed by atoms with van der Waals surface area (Å²) < 4.78 is 39.6. The molecule has 0 saturated heterocycles. The van der Waals surface area contributed by atoms with Crippen LogP contribution in [0.15, 0.2) is 24.3 Å². The van der Waals surface area contributed by atoms with Gasteiger partial charge in [-0.15, -0.1) is 0 Å². The van der Waals surface area contributed by atoms with Crippen molar-refractivity contribution in [3.63, 3.8) is 0 Å². The number of nitrogens with two attached hydrogens (primary N) is 1. The molecule has 0 amide bonds. The van der Waals surface area contributed by atoms with Gasteiger partial charge in [0.05, 0.1) is 17.7 Å². The molecule has 0 spiro atoms. The quantitative estimate of drug-likeness (QED) is 0.700. The van der Waals surface area contributed by atoms with Crippen LogP contribution in [0.5, 0.6) is 0 Å². The predicted molar refractivity (Wildman–Crippen MR) is 71.8 cm³/mol. The second kappa shape index (κ2) is 5.23. The maximum absolute atomic E-state index is 12.7. The minimum atomic E-state index is -4.51. The van der Waals surface area contributed by atoms with Gasteiger partial charge in [0.25, 0.3) is 0 Å². The number of hydrogen-bond donors (Lipinski definition) is 1. The van der Waals surface area contributed by atoms with Gasteiger partial charge in [0.2, 0.25) is 0 Å². The lowest BCUT2D eigenvalue weighted by Gasteiger charge is -2.10. The number of ketones is 1. The van der Waals surface area contributed by atoms with E-state index in [0.717, 1.165) is 23.9 Å². The van der Waals surface area contributed by atoms with Crippen LogP contribution >= 0.6 is 0 Å². The normalized spacial score (nSPS) is 11.7. The van der Waals surface area contributed by atoms with Crippen LogP contribution in [0.3, 0.4) is 0 Å². The maximum Gasteiger partial charge on any atom is 0.416 e. The zero-order valence-corrected chi connectivity index (χ0v) is 11.5. The summed E-state index contributed by atoms with van der Waals surface area (Å²) in [5, 5.41) is 4.09. The van der Waals surface area contributed by atoms with E-state index in [4.69, 9.17) is 5.73 Å². The third-order valence-corrected chi connectivity index (χ3v) is 3.12. The second-order valence-electron chi connectivity index (χ2n) is 4.80. The van der Waals surface area contributed by atoms with Gasteiger partial charge in [0.15, 0.2) is 5.78 Å².